The summed E-state index contributed by atoms with van der Waals surface area (Å²) in [7, 11) is 0. The zero-order valence-corrected chi connectivity index (χ0v) is 19.1. The molecule has 3 aromatic rings. The van der Waals surface area contributed by atoms with Crippen molar-refractivity contribution in [2.75, 3.05) is 13.2 Å². The third-order valence-corrected chi connectivity index (χ3v) is 6.38. The van der Waals surface area contributed by atoms with E-state index in [9.17, 15) is 9.59 Å². The lowest BCUT2D eigenvalue weighted by atomic mass is 10.2. The number of rotatable bonds is 6. The molecule has 7 nitrogen and oxygen atoms in total. The molecule has 2 amide bonds. The Bertz CT molecular complexity index is 1090. The van der Waals surface area contributed by atoms with Crippen LogP contribution in [0.25, 0.3) is 11.5 Å². The van der Waals surface area contributed by atoms with Crippen LogP contribution >= 0.6 is 23.4 Å². The molecule has 4 rings (SSSR count). The topological polar surface area (TPSA) is 85.5 Å². The van der Waals surface area contributed by atoms with Gasteiger partial charge in [0.05, 0.1) is 11.9 Å². The second-order valence-corrected chi connectivity index (χ2v) is 8.83. The molecule has 0 saturated carbocycles. The number of benzene rings is 2. The molecule has 166 valence electrons. The van der Waals surface area contributed by atoms with Gasteiger partial charge in [-0.2, -0.15) is 0 Å². The normalized spacial score (nSPS) is 16.6. The SMILES string of the molecule is CCOc1ccc(-c2nnc(S[C@H]3CCCCN(C(=O)c4ccc(Cl)cc4)C3=O)o2)cc1. The van der Waals surface area contributed by atoms with Crippen LogP contribution in [0.4, 0.5) is 0 Å². The van der Waals surface area contributed by atoms with E-state index in [1.807, 2.05) is 31.2 Å². The van der Waals surface area contributed by atoms with E-state index in [1.54, 1.807) is 24.3 Å². The van der Waals surface area contributed by atoms with Gasteiger partial charge in [0.15, 0.2) is 0 Å². The van der Waals surface area contributed by atoms with Gasteiger partial charge in [0, 0.05) is 22.7 Å². The van der Waals surface area contributed by atoms with E-state index in [-0.39, 0.29) is 11.8 Å². The van der Waals surface area contributed by atoms with Gasteiger partial charge in [-0.05, 0) is 68.3 Å². The van der Waals surface area contributed by atoms with Gasteiger partial charge >= 0.3 is 0 Å². The maximum atomic E-state index is 13.2. The number of imide groups is 1. The van der Waals surface area contributed by atoms with E-state index in [4.69, 9.17) is 20.8 Å². The molecule has 2 aromatic carbocycles. The molecule has 1 aromatic heterocycles. The van der Waals surface area contributed by atoms with Gasteiger partial charge in [-0.3, -0.25) is 14.5 Å². The summed E-state index contributed by atoms with van der Waals surface area (Å²) in [5.74, 6) is 0.568. The Balaban J connectivity index is 1.47. The molecule has 0 spiro atoms. The predicted octanol–water partition coefficient (Wildman–Crippen LogP) is 5.10. The number of halogens is 1. The largest absolute Gasteiger partial charge is 0.494 e. The van der Waals surface area contributed by atoms with Crippen LogP contribution in [0.3, 0.4) is 0 Å². The van der Waals surface area contributed by atoms with E-state index >= 15 is 0 Å². The number of ether oxygens (including phenoxy) is 1. The number of aromatic nitrogens is 2. The molecule has 0 unspecified atom stereocenters. The Morgan fingerprint density at radius 2 is 1.91 bits per heavy atom. The molecular formula is C23H22ClN3O4S. The fourth-order valence-electron chi connectivity index (χ4n) is 3.42. The summed E-state index contributed by atoms with van der Waals surface area (Å²) in [6.07, 6.45) is 2.21. The zero-order chi connectivity index (χ0) is 22.5. The summed E-state index contributed by atoms with van der Waals surface area (Å²) in [6.45, 7) is 2.90. The Kier molecular flexibility index (Phi) is 7.12. The predicted molar refractivity (Wildman–Crippen MR) is 122 cm³/mol. The van der Waals surface area contributed by atoms with Crippen LogP contribution < -0.4 is 4.74 Å². The number of carbonyl (C=O) groups excluding carboxylic acids is 2. The number of hydrogen-bond donors (Lipinski definition) is 0. The van der Waals surface area contributed by atoms with Gasteiger partial charge in [0.25, 0.3) is 11.1 Å². The van der Waals surface area contributed by atoms with Crippen molar-refractivity contribution in [3.8, 4) is 17.2 Å². The maximum absolute atomic E-state index is 13.2. The van der Waals surface area contributed by atoms with Crippen molar-refractivity contribution in [2.45, 2.75) is 36.7 Å². The lowest BCUT2D eigenvalue weighted by molar-refractivity contribution is -0.127. The first kappa shape index (κ1) is 22.4. The minimum absolute atomic E-state index is 0.242. The number of amides is 2. The van der Waals surface area contributed by atoms with Crippen LogP contribution in [0, 0.1) is 0 Å². The smallest absolute Gasteiger partial charge is 0.277 e. The first-order valence-electron chi connectivity index (χ1n) is 10.4. The number of thioether (sulfide) groups is 1. The highest BCUT2D eigenvalue weighted by Gasteiger charge is 2.33. The molecular weight excluding hydrogens is 450 g/mol. The summed E-state index contributed by atoms with van der Waals surface area (Å²) < 4.78 is 11.2. The fourth-order valence-corrected chi connectivity index (χ4v) is 4.52. The Morgan fingerprint density at radius 3 is 2.62 bits per heavy atom. The van der Waals surface area contributed by atoms with Crippen LogP contribution in [0.5, 0.6) is 5.75 Å². The van der Waals surface area contributed by atoms with E-state index < -0.39 is 5.25 Å². The van der Waals surface area contributed by atoms with Gasteiger partial charge in [-0.25, -0.2) is 0 Å². The summed E-state index contributed by atoms with van der Waals surface area (Å²) in [6, 6.07) is 13.9. The van der Waals surface area contributed by atoms with Crippen molar-refractivity contribution in [2.24, 2.45) is 0 Å². The molecule has 1 aliphatic rings. The van der Waals surface area contributed by atoms with E-state index in [2.05, 4.69) is 10.2 Å². The maximum Gasteiger partial charge on any atom is 0.277 e. The van der Waals surface area contributed by atoms with E-state index in [1.165, 1.54) is 16.7 Å². The molecule has 0 bridgehead atoms. The van der Waals surface area contributed by atoms with Gasteiger partial charge < -0.3 is 9.15 Å². The van der Waals surface area contributed by atoms with Gasteiger partial charge in [-0.15, -0.1) is 10.2 Å². The molecule has 2 heterocycles. The number of carbonyl (C=O) groups is 2. The van der Waals surface area contributed by atoms with Crippen molar-refractivity contribution < 1.29 is 18.7 Å². The highest BCUT2D eigenvalue weighted by molar-refractivity contribution is 8.00. The van der Waals surface area contributed by atoms with Crippen molar-refractivity contribution in [1.29, 1.82) is 0 Å². The summed E-state index contributed by atoms with van der Waals surface area (Å²) in [5.41, 5.74) is 1.20. The van der Waals surface area contributed by atoms with Crippen LogP contribution in [0.2, 0.25) is 5.02 Å². The molecule has 0 radical (unpaired) electrons. The molecule has 1 aliphatic heterocycles. The lowest BCUT2D eigenvalue weighted by Crippen LogP contribution is -2.41. The molecule has 0 aliphatic carbocycles. The van der Waals surface area contributed by atoms with Gasteiger partial charge in [0.2, 0.25) is 11.8 Å². The summed E-state index contributed by atoms with van der Waals surface area (Å²) >= 11 is 7.12. The van der Waals surface area contributed by atoms with Crippen molar-refractivity contribution in [3.63, 3.8) is 0 Å². The Morgan fingerprint density at radius 1 is 1.16 bits per heavy atom. The summed E-state index contributed by atoms with van der Waals surface area (Å²) in [4.78, 5) is 27.4. The summed E-state index contributed by atoms with van der Waals surface area (Å²) in [5, 5.41) is 8.56. The number of nitrogens with zero attached hydrogens (tertiary/aromatic N) is 3. The van der Waals surface area contributed by atoms with Crippen LogP contribution in [0.15, 0.2) is 58.2 Å². The second kappa shape index (κ2) is 10.2. The highest BCUT2D eigenvalue weighted by Crippen LogP contribution is 2.32. The van der Waals surface area contributed by atoms with Crippen LogP contribution in [-0.4, -0.2) is 45.3 Å². The molecule has 1 atom stereocenters. The van der Waals surface area contributed by atoms with Gasteiger partial charge in [-0.1, -0.05) is 29.8 Å². The standard InChI is InChI=1S/C23H22ClN3O4S/c1-2-30-18-12-8-15(9-13-18)20-25-26-23(31-20)32-19-5-3-4-14-27(22(19)29)21(28)16-6-10-17(24)11-7-16/h6-13,19H,2-5,14H2,1H3/t19-/m0/s1. The molecule has 9 heteroatoms. The average molecular weight is 472 g/mol. The monoisotopic (exact) mass is 471 g/mol. The van der Waals surface area contributed by atoms with E-state index in [0.717, 1.165) is 24.2 Å². The molecule has 32 heavy (non-hydrogen) atoms. The zero-order valence-electron chi connectivity index (χ0n) is 17.5. The third-order valence-electron chi connectivity index (χ3n) is 5.04. The first-order chi connectivity index (χ1) is 15.5. The lowest BCUT2D eigenvalue weighted by Gasteiger charge is -2.21. The van der Waals surface area contributed by atoms with Crippen molar-refractivity contribution >= 4 is 35.2 Å². The fraction of sp³-hybridized carbons (Fsp3) is 0.304. The Hall–Kier alpha value is -2.84. The highest BCUT2D eigenvalue weighted by atomic mass is 35.5. The average Bonchev–Trinajstić information content (AvgIpc) is 3.19. The third kappa shape index (κ3) is 5.14. The second-order valence-electron chi connectivity index (χ2n) is 7.23. The van der Waals surface area contributed by atoms with Crippen LogP contribution in [-0.2, 0) is 4.79 Å². The molecule has 1 fully saturated rings. The van der Waals surface area contributed by atoms with Crippen molar-refractivity contribution in [1.82, 2.24) is 15.1 Å². The quantitative estimate of drug-likeness (QED) is 0.462. The number of likely N-dealkylation sites (tertiary alicyclic amines) is 1. The number of hydrogen-bond acceptors (Lipinski definition) is 7. The minimum Gasteiger partial charge on any atom is -0.494 e. The molecule has 0 N–H and O–H groups in total. The molecule has 1 saturated heterocycles. The first-order valence-corrected chi connectivity index (χ1v) is 11.7. The van der Waals surface area contributed by atoms with Gasteiger partial charge in [0.1, 0.15) is 5.75 Å². The van der Waals surface area contributed by atoms with E-state index in [0.29, 0.717) is 41.3 Å². The Labute approximate surface area is 195 Å². The van der Waals surface area contributed by atoms with Crippen LogP contribution in [0.1, 0.15) is 36.5 Å². The van der Waals surface area contributed by atoms with Crippen molar-refractivity contribution in [3.05, 3.63) is 59.1 Å². The minimum atomic E-state index is -0.470.